The number of aromatic nitrogens is 4. The zero-order valence-corrected chi connectivity index (χ0v) is 20.8. The minimum Gasteiger partial charge on any atom is -0.389 e. The van der Waals surface area contributed by atoms with Crippen LogP contribution in [-0.2, 0) is 4.79 Å². The van der Waals surface area contributed by atoms with E-state index in [1.54, 1.807) is 10.9 Å². The van der Waals surface area contributed by atoms with Gasteiger partial charge in [0.15, 0.2) is 17.0 Å². The summed E-state index contributed by atoms with van der Waals surface area (Å²) < 4.78 is 1.80. The first-order valence-electron chi connectivity index (χ1n) is 13.0. The third-order valence-corrected chi connectivity index (χ3v) is 8.50. The van der Waals surface area contributed by atoms with Crippen molar-refractivity contribution < 1.29 is 15.0 Å². The molecule has 190 valence electrons. The maximum Gasteiger partial charge on any atom is 0.209 e. The second-order valence-electron chi connectivity index (χ2n) is 10.7. The van der Waals surface area contributed by atoms with E-state index in [1.165, 1.54) is 12.5 Å². The monoisotopic (exact) mass is 505 g/mol. The normalized spacial score (nSPS) is 30.8. The van der Waals surface area contributed by atoms with Gasteiger partial charge in [-0.25, -0.2) is 15.0 Å². The molecule has 0 bridgehead atoms. The minimum atomic E-state index is -1.11. The molecular formula is C30H27N5O3. The first-order chi connectivity index (χ1) is 18.5. The summed E-state index contributed by atoms with van der Waals surface area (Å²) in [6.07, 6.45) is 0.962. The number of rotatable bonds is 5. The predicted octanol–water partition coefficient (Wildman–Crippen LogP) is 3.07. The van der Waals surface area contributed by atoms with Crippen LogP contribution in [0.3, 0.4) is 0 Å². The van der Waals surface area contributed by atoms with Gasteiger partial charge in [0, 0.05) is 17.5 Å². The molecule has 7 atom stereocenters. The van der Waals surface area contributed by atoms with Gasteiger partial charge in [0.2, 0.25) is 5.82 Å². The van der Waals surface area contributed by atoms with Crippen molar-refractivity contribution in [3.05, 3.63) is 83.9 Å². The van der Waals surface area contributed by atoms with Gasteiger partial charge in [0.05, 0.1) is 23.9 Å². The highest BCUT2D eigenvalue weighted by molar-refractivity contribution is 5.88. The third kappa shape index (κ3) is 3.54. The largest absolute Gasteiger partial charge is 0.389 e. The van der Waals surface area contributed by atoms with Crippen molar-refractivity contribution in [2.75, 3.05) is 5.32 Å². The molecule has 2 aromatic carbocycles. The number of ketones is 1. The number of fused-ring (bicyclic) bond motifs is 2. The van der Waals surface area contributed by atoms with Crippen molar-refractivity contribution in [3.8, 4) is 11.8 Å². The third-order valence-electron chi connectivity index (χ3n) is 8.50. The molecular weight excluding hydrogens is 478 g/mol. The van der Waals surface area contributed by atoms with Crippen LogP contribution in [-0.4, -0.2) is 53.8 Å². The summed E-state index contributed by atoms with van der Waals surface area (Å²) in [6.45, 7) is 1.49. The standard InChI is InChI=1S/C30H27N5O3/c1-17(36)30-15-21(30)25(26(37)27(30)38)35-16-31-24-28(32-22-14-20(22)19-10-6-3-7-11-19)33-23(34-29(24)35)13-12-18-8-4-2-5-9-18/h2-11,16,20-22,25-27,37-38H,14-15H2,1H3,(H,32,33,34)/t20-,21?,22?,25+,26-,27?,30+/m0/s1. The van der Waals surface area contributed by atoms with E-state index in [1.807, 2.05) is 48.5 Å². The molecule has 3 aliphatic carbocycles. The van der Waals surface area contributed by atoms with Crippen LogP contribution in [0.1, 0.15) is 48.7 Å². The Hall–Kier alpha value is -4.06. The molecule has 0 saturated heterocycles. The number of aliphatic hydroxyl groups is 2. The molecule has 2 aromatic heterocycles. The van der Waals surface area contributed by atoms with Crippen LogP contribution in [0.2, 0.25) is 0 Å². The number of carbonyl (C=O) groups excluding carboxylic acids is 1. The first-order valence-corrected chi connectivity index (χ1v) is 13.0. The van der Waals surface area contributed by atoms with Crippen LogP contribution in [0, 0.1) is 23.2 Å². The Kier molecular flexibility index (Phi) is 5.15. The summed E-state index contributed by atoms with van der Waals surface area (Å²) in [5.41, 5.74) is 2.35. The molecule has 8 heteroatoms. The molecule has 3 fully saturated rings. The van der Waals surface area contributed by atoms with E-state index in [9.17, 15) is 15.0 Å². The molecule has 8 nitrogen and oxygen atoms in total. The fourth-order valence-electron chi connectivity index (χ4n) is 6.31. The van der Waals surface area contributed by atoms with Gasteiger partial charge in [-0.15, -0.1) is 0 Å². The van der Waals surface area contributed by atoms with Crippen LogP contribution >= 0.6 is 0 Å². The highest BCUT2D eigenvalue weighted by Gasteiger charge is 2.74. The number of Topliss-reactive ketones (excluding diaryl/α,β-unsaturated/α-hetero) is 1. The summed E-state index contributed by atoms with van der Waals surface area (Å²) in [5.74, 6) is 7.27. The molecule has 3 saturated carbocycles. The molecule has 0 radical (unpaired) electrons. The van der Waals surface area contributed by atoms with E-state index in [0.717, 1.165) is 12.0 Å². The van der Waals surface area contributed by atoms with E-state index < -0.39 is 23.7 Å². The molecule has 3 unspecified atom stereocenters. The van der Waals surface area contributed by atoms with Crippen molar-refractivity contribution >= 4 is 22.8 Å². The van der Waals surface area contributed by atoms with Gasteiger partial charge in [-0.2, -0.15) is 0 Å². The maximum atomic E-state index is 12.4. The average Bonchev–Trinajstić information content (AvgIpc) is 3.82. The molecule has 7 rings (SSSR count). The summed E-state index contributed by atoms with van der Waals surface area (Å²) in [7, 11) is 0. The number of nitrogens with zero attached hydrogens (tertiary/aromatic N) is 4. The quantitative estimate of drug-likeness (QED) is 0.357. The van der Waals surface area contributed by atoms with Crippen molar-refractivity contribution in [2.24, 2.45) is 11.3 Å². The van der Waals surface area contributed by atoms with E-state index in [2.05, 4.69) is 34.3 Å². The van der Waals surface area contributed by atoms with Crippen molar-refractivity contribution in [2.45, 2.75) is 50.0 Å². The Balaban J connectivity index is 1.28. The van der Waals surface area contributed by atoms with Gasteiger partial charge in [-0.05, 0) is 49.3 Å². The molecule has 3 N–H and O–H groups in total. The molecule has 0 spiro atoms. The Morgan fingerprint density at radius 3 is 2.50 bits per heavy atom. The predicted molar refractivity (Wildman–Crippen MR) is 141 cm³/mol. The number of nitrogens with one attached hydrogen (secondary N) is 1. The van der Waals surface area contributed by atoms with E-state index in [0.29, 0.717) is 35.1 Å². The molecule has 4 aromatic rings. The minimum absolute atomic E-state index is 0.0898. The lowest BCUT2D eigenvalue weighted by atomic mass is 9.95. The maximum absolute atomic E-state index is 12.4. The Morgan fingerprint density at radius 2 is 1.79 bits per heavy atom. The zero-order valence-electron chi connectivity index (χ0n) is 20.8. The number of imidazole rings is 1. The van der Waals surface area contributed by atoms with Gasteiger partial charge in [0.1, 0.15) is 11.9 Å². The van der Waals surface area contributed by atoms with Gasteiger partial charge in [0.25, 0.3) is 0 Å². The van der Waals surface area contributed by atoms with Gasteiger partial charge < -0.3 is 20.1 Å². The van der Waals surface area contributed by atoms with Gasteiger partial charge >= 0.3 is 0 Å². The van der Waals surface area contributed by atoms with Crippen LogP contribution in [0.15, 0.2) is 67.0 Å². The van der Waals surface area contributed by atoms with Crippen molar-refractivity contribution in [1.29, 1.82) is 0 Å². The molecule has 2 heterocycles. The first kappa shape index (κ1) is 23.1. The van der Waals surface area contributed by atoms with Gasteiger partial charge in [-0.1, -0.05) is 54.5 Å². The second kappa shape index (κ2) is 8.48. The van der Waals surface area contributed by atoms with Crippen molar-refractivity contribution in [3.63, 3.8) is 0 Å². The van der Waals surface area contributed by atoms with Crippen molar-refractivity contribution in [1.82, 2.24) is 19.5 Å². The molecule has 38 heavy (non-hydrogen) atoms. The smallest absolute Gasteiger partial charge is 0.209 e. The highest BCUT2D eigenvalue weighted by Crippen LogP contribution is 2.68. The molecule has 0 amide bonds. The van der Waals surface area contributed by atoms with Crippen LogP contribution in [0.5, 0.6) is 0 Å². The summed E-state index contributed by atoms with van der Waals surface area (Å²) >= 11 is 0. The Bertz CT molecular complexity index is 1610. The summed E-state index contributed by atoms with van der Waals surface area (Å²) in [6, 6.07) is 19.7. The number of hydrogen-bond donors (Lipinski definition) is 3. The number of anilines is 1. The molecule has 0 aliphatic heterocycles. The lowest BCUT2D eigenvalue weighted by Crippen LogP contribution is -2.36. The van der Waals surface area contributed by atoms with Crippen LogP contribution < -0.4 is 5.32 Å². The Labute approximate surface area is 219 Å². The van der Waals surface area contributed by atoms with E-state index in [-0.39, 0.29) is 17.7 Å². The number of aliphatic hydroxyl groups excluding tert-OH is 2. The fraction of sp³-hybridized carbons (Fsp3) is 0.333. The number of hydrogen-bond acceptors (Lipinski definition) is 7. The Morgan fingerprint density at radius 1 is 1.05 bits per heavy atom. The van der Waals surface area contributed by atoms with Crippen LogP contribution in [0.4, 0.5) is 5.82 Å². The van der Waals surface area contributed by atoms with E-state index >= 15 is 0 Å². The lowest BCUT2D eigenvalue weighted by molar-refractivity contribution is -0.128. The fourth-order valence-corrected chi connectivity index (χ4v) is 6.31. The summed E-state index contributed by atoms with van der Waals surface area (Å²) in [4.78, 5) is 26.5. The summed E-state index contributed by atoms with van der Waals surface area (Å²) in [5, 5.41) is 25.3. The number of benzene rings is 2. The zero-order chi connectivity index (χ0) is 26.0. The van der Waals surface area contributed by atoms with E-state index in [4.69, 9.17) is 9.97 Å². The van der Waals surface area contributed by atoms with Crippen LogP contribution in [0.25, 0.3) is 11.2 Å². The topological polar surface area (TPSA) is 113 Å². The number of carbonyl (C=O) groups is 1. The average molecular weight is 506 g/mol. The highest BCUT2D eigenvalue weighted by atomic mass is 16.3. The SMILES string of the molecule is CC(=O)[C@]12CC1[C@@H](n1cnc3c(NC4C[C@H]4c4ccccc4)nc(C#Cc4ccccc4)nc31)[C@H](O)C2O. The molecule has 3 aliphatic rings. The van der Waals surface area contributed by atoms with Gasteiger partial charge in [-0.3, -0.25) is 4.79 Å². The second-order valence-corrected chi connectivity index (χ2v) is 10.7. The lowest BCUT2D eigenvalue weighted by Gasteiger charge is -2.23.